The number of ether oxygens (including phenoxy) is 2. The van der Waals surface area contributed by atoms with Gasteiger partial charge >= 0.3 is 17.6 Å². The van der Waals surface area contributed by atoms with Crippen molar-refractivity contribution in [1.29, 1.82) is 0 Å². The highest BCUT2D eigenvalue weighted by Gasteiger charge is 2.47. The average molecular weight is 709 g/mol. The average Bonchev–Trinajstić information content (AvgIpc) is 3.42. The van der Waals surface area contributed by atoms with Gasteiger partial charge in [-0.05, 0) is 90.9 Å². The standard InChI is InChI=1S/C36H64N6O8/c1-6-15-29-34(50-32(46)17-16-31(44)45)27(7-2)33(49-29)28-26-42(36(48)39-35(28)47)25-18-30(43)38-20-14-24-41(10-5)22-12-11-21-40(9-4)23-13-19-37-8-3/h26-27,29,33-34,37H,6-25H2,1-5H3,(H,38,43)(H,44,45)(H,39,47,48). The molecule has 4 N–H and O–H groups in total. The molecule has 50 heavy (non-hydrogen) atoms. The predicted molar refractivity (Wildman–Crippen MR) is 193 cm³/mol. The van der Waals surface area contributed by atoms with E-state index in [1.54, 1.807) is 0 Å². The Labute approximate surface area is 297 Å². The number of rotatable bonds is 27. The summed E-state index contributed by atoms with van der Waals surface area (Å²) in [6, 6.07) is 0. The molecule has 2 heterocycles. The molecule has 14 nitrogen and oxygen atoms in total. The minimum atomic E-state index is -1.09. The van der Waals surface area contributed by atoms with E-state index in [0.29, 0.717) is 19.4 Å². The molecule has 4 atom stereocenters. The summed E-state index contributed by atoms with van der Waals surface area (Å²) >= 11 is 0. The molecule has 0 aromatic carbocycles. The van der Waals surface area contributed by atoms with E-state index in [1.165, 1.54) is 23.6 Å². The van der Waals surface area contributed by atoms with Gasteiger partial charge in [-0.2, -0.15) is 0 Å². The maximum Gasteiger partial charge on any atom is 0.328 e. The summed E-state index contributed by atoms with van der Waals surface area (Å²) < 4.78 is 13.3. The zero-order valence-electron chi connectivity index (χ0n) is 31.2. The molecule has 1 aliphatic heterocycles. The lowest BCUT2D eigenvalue weighted by molar-refractivity contribution is -0.156. The van der Waals surface area contributed by atoms with Gasteiger partial charge in [-0.3, -0.25) is 28.7 Å². The van der Waals surface area contributed by atoms with Crippen LogP contribution in [-0.2, 0) is 30.4 Å². The number of aromatic nitrogens is 2. The summed E-state index contributed by atoms with van der Waals surface area (Å²) in [6.45, 7) is 19.3. The first-order valence-corrected chi connectivity index (χ1v) is 18.9. The molecule has 2 rings (SSSR count). The fraction of sp³-hybridized carbons (Fsp3) is 0.806. The van der Waals surface area contributed by atoms with Gasteiger partial charge in [0, 0.05) is 31.6 Å². The minimum absolute atomic E-state index is 0.0658. The Kier molecular flexibility index (Phi) is 20.8. The zero-order valence-corrected chi connectivity index (χ0v) is 31.2. The summed E-state index contributed by atoms with van der Waals surface area (Å²) in [5.74, 6) is -2.27. The van der Waals surface area contributed by atoms with Crippen LogP contribution in [0.2, 0.25) is 0 Å². The first-order valence-electron chi connectivity index (χ1n) is 18.9. The van der Waals surface area contributed by atoms with E-state index in [2.05, 4.69) is 46.2 Å². The number of hydrogen-bond acceptors (Lipinski definition) is 10. The fourth-order valence-corrected chi connectivity index (χ4v) is 6.53. The smallest absolute Gasteiger partial charge is 0.328 e. The van der Waals surface area contributed by atoms with Crippen LogP contribution in [0.1, 0.15) is 110 Å². The van der Waals surface area contributed by atoms with E-state index in [1.807, 2.05) is 13.8 Å². The molecule has 1 fully saturated rings. The highest BCUT2D eigenvalue weighted by molar-refractivity contribution is 5.76. The molecule has 1 aliphatic rings. The first-order chi connectivity index (χ1) is 24.1. The van der Waals surface area contributed by atoms with E-state index >= 15 is 0 Å². The molecule has 0 spiro atoms. The van der Waals surface area contributed by atoms with Gasteiger partial charge in [-0.1, -0.05) is 41.0 Å². The Balaban J connectivity index is 1.87. The molecule has 1 amide bonds. The molecule has 0 radical (unpaired) electrons. The number of nitrogens with zero attached hydrogens (tertiary/aromatic N) is 3. The molecule has 4 unspecified atom stereocenters. The number of esters is 1. The molecule has 1 saturated heterocycles. The normalized spacial score (nSPS) is 18.9. The number of aryl methyl sites for hydroxylation is 1. The lowest BCUT2D eigenvalue weighted by Crippen LogP contribution is -2.36. The third-order valence-corrected chi connectivity index (χ3v) is 9.42. The molecule has 0 bridgehead atoms. The molecular formula is C36H64N6O8. The van der Waals surface area contributed by atoms with Crippen LogP contribution < -0.4 is 21.9 Å². The number of nitrogens with one attached hydrogen (secondary N) is 3. The number of carbonyl (C=O) groups excluding carboxylic acids is 2. The van der Waals surface area contributed by atoms with Crippen molar-refractivity contribution >= 4 is 17.8 Å². The largest absolute Gasteiger partial charge is 0.481 e. The number of aromatic amines is 1. The van der Waals surface area contributed by atoms with E-state index in [-0.39, 0.29) is 43.2 Å². The van der Waals surface area contributed by atoms with Gasteiger partial charge < -0.3 is 35.0 Å². The molecule has 0 aliphatic carbocycles. The topological polar surface area (TPSA) is 175 Å². The molecule has 0 saturated carbocycles. The number of H-pyrrole nitrogens is 1. The summed E-state index contributed by atoms with van der Waals surface area (Å²) in [4.78, 5) is 69.0. The minimum Gasteiger partial charge on any atom is -0.481 e. The van der Waals surface area contributed by atoms with Gasteiger partial charge in [-0.15, -0.1) is 0 Å². The van der Waals surface area contributed by atoms with Gasteiger partial charge in [0.25, 0.3) is 5.56 Å². The monoisotopic (exact) mass is 708 g/mol. The highest BCUT2D eigenvalue weighted by Crippen LogP contribution is 2.42. The van der Waals surface area contributed by atoms with Crippen molar-refractivity contribution in [2.75, 3.05) is 58.9 Å². The maximum atomic E-state index is 13.0. The number of amides is 1. The van der Waals surface area contributed by atoms with Crippen LogP contribution in [0.4, 0.5) is 0 Å². The number of carboxylic acids is 1. The SMILES string of the molecule is CCCC1OC(c2cn(CCC(=O)NCCCN(CC)CCCCN(CC)CCCNCC)c(=O)[nH]c2=O)C(CC)C1OC(=O)CCC(=O)O. The van der Waals surface area contributed by atoms with Crippen LogP contribution >= 0.6 is 0 Å². The Morgan fingerprint density at radius 1 is 0.920 bits per heavy atom. The third-order valence-electron chi connectivity index (χ3n) is 9.42. The molecule has 14 heteroatoms. The summed E-state index contributed by atoms with van der Waals surface area (Å²) in [7, 11) is 0. The lowest BCUT2D eigenvalue weighted by atomic mass is 9.89. The van der Waals surface area contributed by atoms with Crippen molar-refractivity contribution < 1.29 is 29.0 Å². The Morgan fingerprint density at radius 2 is 1.56 bits per heavy atom. The van der Waals surface area contributed by atoms with Gasteiger partial charge in [0.05, 0.1) is 30.6 Å². The number of unbranched alkanes of at least 4 members (excludes halogenated alkanes) is 1. The molecule has 1 aromatic rings. The molecular weight excluding hydrogens is 644 g/mol. The van der Waals surface area contributed by atoms with Crippen molar-refractivity contribution in [3.05, 3.63) is 32.6 Å². The number of carbonyl (C=O) groups is 3. The zero-order chi connectivity index (χ0) is 36.9. The van der Waals surface area contributed by atoms with Gasteiger partial charge in [0.2, 0.25) is 5.91 Å². The van der Waals surface area contributed by atoms with Crippen LogP contribution in [0.3, 0.4) is 0 Å². The fourth-order valence-electron chi connectivity index (χ4n) is 6.53. The predicted octanol–water partition coefficient (Wildman–Crippen LogP) is 2.90. The second-order valence-corrected chi connectivity index (χ2v) is 13.1. The number of hydrogen-bond donors (Lipinski definition) is 4. The van der Waals surface area contributed by atoms with Crippen molar-refractivity contribution in [2.24, 2.45) is 5.92 Å². The van der Waals surface area contributed by atoms with E-state index < -0.39 is 41.5 Å². The Bertz CT molecular complexity index is 1270. The third kappa shape index (κ3) is 15.0. The molecule has 286 valence electrons. The number of aliphatic carboxylic acids is 1. The second-order valence-electron chi connectivity index (χ2n) is 13.1. The van der Waals surface area contributed by atoms with E-state index in [4.69, 9.17) is 14.6 Å². The van der Waals surface area contributed by atoms with Crippen molar-refractivity contribution in [2.45, 2.75) is 124 Å². The van der Waals surface area contributed by atoms with Gasteiger partial charge in [-0.25, -0.2) is 4.79 Å². The number of carboxylic acid groups (broad SMARTS) is 1. The summed E-state index contributed by atoms with van der Waals surface area (Å²) in [5.41, 5.74) is -0.975. The maximum absolute atomic E-state index is 13.0. The first kappa shape index (κ1) is 43.1. The van der Waals surface area contributed by atoms with Crippen LogP contribution in [0.5, 0.6) is 0 Å². The van der Waals surface area contributed by atoms with Crippen molar-refractivity contribution in [3.8, 4) is 0 Å². The van der Waals surface area contributed by atoms with Crippen LogP contribution in [0.15, 0.2) is 15.8 Å². The van der Waals surface area contributed by atoms with Crippen LogP contribution in [0.25, 0.3) is 0 Å². The summed E-state index contributed by atoms with van der Waals surface area (Å²) in [5, 5.41) is 15.3. The van der Waals surface area contributed by atoms with Crippen molar-refractivity contribution in [3.63, 3.8) is 0 Å². The van der Waals surface area contributed by atoms with E-state index in [9.17, 15) is 24.0 Å². The van der Waals surface area contributed by atoms with Gasteiger partial charge in [0.1, 0.15) is 6.10 Å². The quantitative estimate of drug-likeness (QED) is 0.0782. The van der Waals surface area contributed by atoms with Gasteiger partial charge in [0.15, 0.2) is 0 Å². The Hall–Kier alpha value is -3.07. The van der Waals surface area contributed by atoms with Crippen LogP contribution in [-0.4, -0.2) is 113 Å². The second kappa shape index (κ2) is 24.2. The highest BCUT2D eigenvalue weighted by atomic mass is 16.6. The molecule has 1 aromatic heterocycles. The Morgan fingerprint density at radius 3 is 2.14 bits per heavy atom. The lowest BCUT2D eigenvalue weighted by Gasteiger charge is -2.23. The van der Waals surface area contributed by atoms with E-state index in [0.717, 1.165) is 71.6 Å². The van der Waals surface area contributed by atoms with Crippen molar-refractivity contribution in [1.82, 2.24) is 30.0 Å². The summed E-state index contributed by atoms with van der Waals surface area (Å²) in [6.07, 6.45) is 5.19. The van der Waals surface area contributed by atoms with Crippen LogP contribution in [0, 0.1) is 5.92 Å².